The fraction of sp³-hybridized carbons (Fsp3) is 0.533. The Morgan fingerprint density at radius 2 is 2.20 bits per heavy atom. The predicted molar refractivity (Wildman–Crippen MR) is 79.6 cm³/mol. The Morgan fingerprint density at radius 3 is 2.85 bits per heavy atom. The number of carbonyl (C=O) groups is 1. The summed E-state index contributed by atoms with van der Waals surface area (Å²) in [7, 11) is 0. The first-order valence-corrected chi connectivity index (χ1v) is 7.41. The van der Waals surface area contributed by atoms with E-state index in [2.05, 4.69) is 0 Å². The third kappa shape index (κ3) is 3.72. The van der Waals surface area contributed by atoms with Crippen molar-refractivity contribution < 1.29 is 9.53 Å². The van der Waals surface area contributed by atoms with Gasteiger partial charge in [-0.25, -0.2) is 0 Å². The maximum Gasteiger partial charge on any atom is 0.239 e. The number of ether oxygens (including phenoxy) is 1. The Balaban J connectivity index is 2.01. The lowest BCUT2D eigenvalue weighted by atomic mass is 10.1. The summed E-state index contributed by atoms with van der Waals surface area (Å²) in [6.45, 7) is 3.74. The molecule has 5 heteroatoms. The first-order chi connectivity index (χ1) is 9.61. The number of hydrogen-bond donors (Lipinski definition) is 1. The van der Waals surface area contributed by atoms with Crippen molar-refractivity contribution in [3.05, 3.63) is 34.9 Å². The maximum absolute atomic E-state index is 12.2. The molecule has 0 spiro atoms. The van der Waals surface area contributed by atoms with E-state index in [1.165, 1.54) is 0 Å². The normalized spacial score (nSPS) is 20.8. The predicted octanol–water partition coefficient (Wildman–Crippen LogP) is 2.37. The summed E-state index contributed by atoms with van der Waals surface area (Å²) in [5, 5.41) is 0.697. The van der Waals surface area contributed by atoms with E-state index in [4.69, 9.17) is 22.1 Å². The molecule has 0 aliphatic carbocycles. The van der Waals surface area contributed by atoms with E-state index >= 15 is 0 Å². The van der Waals surface area contributed by atoms with Crippen LogP contribution in [-0.4, -0.2) is 36.5 Å². The maximum atomic E-state index is 12.2. The minimum Gasteiger partial charge on any atom is -0.370 e. The lowest BCUT2D eigenvalue weighted by molar-refractivity contribution is -0.140. The second-order valence-corrected chi connectivity index (χ2v) is 5.53. The molecule has 2 N–H and O–H groups in total. The number of hydrogen-bond acceptors (Lipinski definition) is 3. The van der Waals surface area contributed by atoms with Crippen LogP contribution in [0.3, 0.4) is 0 Å². The van der Waals surface area contributed by atoms with Crippen molar-refractivity contribution in [3.8, 4) is 0 Å². The average Bonchev–Trinajstić information content (AvgIpc) is 2.47. The lowest BCUT2D eigenvalue weighted by Gasteiger charge is -2.34. The summed E-state index contributed by atoms with van der Waals surface area (Å²) in [5.41, 5.74) is 6.95. The first kappa shape index (κ1) is 15.3. The number of benzene rings is 1. The molecule has 110 valence electrons. The minimum atomic E-state index is -0.399. The molecule has 1 fully saturated rings. The van der Waals surface area contributed by atoms with Crippen molar-refractivity contribution in [3.63, 3.8) is 0 Å². The average molecular weight is 297 g/mol. The number of amides is 1. The monoisotopic (exact) mass is 296 g/mol. The highest BCUT2D eigenvalue weighted by molar-refractivity contribution is 6.30. The lowest BCUT2D eigenvalue weighted by Crippen LogP contribution is -2.49. The van der Waals surface area contributed by atoms with E-state index in [0.717, 1.165) is 18.4 Å². The van der Waals surface area contributed by atoms with Gasteiger partial charge >= 0.3 is 0 Å². The summed E-state index contributed by atoms with van der Waals surface area (Å²) in [5.74, 6) is 0.0223. The standard InChI is InChI=1S/C15H21ClN2O2/c1-2-3-13(17)15(19)18-8-9-20-14(10-18)11-4-6-12(16)7-5-11/h4-7,13-14H,2-3,8-10,17H2,1H3/t13-,14?/m0/s1. The number of nitrogens with two attached hydrogens (primary N) is 1. The van der Waals surface area contributed by atoms with Gasteiger partial charge in [0, 0.05) is 11.6 Å². The third-order valence-electron chi connectivity index (χ3n) is 3.54. The van der Waals surface area contributed by atoms with Gasteiger partial charge in [0.25, 0.3) is 0 Å². The number of rotatable bonds is 4. The van der Waals surface area contributed by atoms with E-state index in [9.17, 15) is 4.79 Å². The van der Waals surface area contributed by atoms with E-state index < -0.39 is 6.04 Å². The summed E-state index contributed by atoms with van der Waals surface area (Å²) in [6.07, 6.45) is 1.54. The topological polar surface area (TPSA) is 55.6 Å². The Labute approximate surface area is 124 Å². The van der Waals surface area contributed by atoms with Gasteiger partial charge in [0.05, 0.1) is 19.2 Å². The highest BCUT2D eigenvalue weighted by atomic mass is 35.5. The fourth-order valence-electron chi connectivity index (χ4n) is 2.40. The van der Waals surface area contributed by atoms with Crippen LogP contribution in [0.4, 0.5) is 0 Å². The van der Waals surface area contributed by atoms with Gasteiger partial charge in [-0.2, -0.15) is 0 Å². The number of halogens is 1. The molecule has 2 atom stereocenters. The Hall–Kier alpha value is -1.10. The fourth-order valence-corrected chi connectivity index (χ4v) is 2.52. The van der Waals surface area contributed by atoms with Gasteiger partial charge < -0.3 is 15.4 Å². The van der Waals surface area contributed by atoms with Crippen LogP contribution in [0.25, 0.3) is 0 Å². The summed E-state index contributed by atoms with van der Waals surface area (Å²) >= 11 is 5.88. The van der Waals surface area contributed by atoms with Crippen molar-refractivity contribution in [2.24, 2.45) is 5.73 Å². The van der Waals surface area contributed by atoms with Gasteiger partial charge in [-0.05, 0) is 24.1 Å². The molecule has 1 unspecified atom stereocenters. The van der Waals surface area contributed by atoms with Crippen LogP contribution >= 0.6 is 11.6 Å². The van der Waals surface area contributed by atoms with Gasteiger partial charge in [-0.3, -0.25) is 4.79 Å². The van der Waals surface area contributed by atoms with Crippen LogP contribution < -0.4 is 5.73 Å². The van der Waals surface area contributed by atoms with Gasteiger partial charge in [0.15, 0.2) is 0 Å². The molecule has 2 rings (SSSR count). The number of carbonyl (C=O) groups excluding carboxylic acids is 1. The van der Waals surface area contributed by atoms with Crippen molar-refractivity contribution >= 4 is 17.5 Å². The molecule has 1 aliphatic rings. The molecule has 0 aromatic heterocycles. The first-order valence-electron chi connectivity index (χ1n) is 7.03. The van der Waals surface area contributed by atoms with E-state index in [-0.39, 0.29) is 12.0 Å². The molecular formula is C15H21ClN2O2. The van der Waals surface area contributed by atoms with Crippen LogP contribution in [0.2, 0.25) is 5.02 Å². The molecule has 1 saturated heterocycles. The zero-order valence-electron chi connectivity index (χ0n) is 11.7. The van der Waals surface area contributed by atoms with Gasteiger partial charge in [-0.1, -0.05) is 37.1 Å². The van der Waals surface area contributed by atoms with Crippen molar-refractivity contribution in [2.45, 2.75) is 31.9 Å². The van der Waals surface area contributed by atoms with Crippen LogP contribution in [0.1, 0.15) is 31.4 Å². The Bertz CT molecular complexity index is 450. The second-order valence-electron chi connectivity index (χ2n) is 5.09. The summed E-state index contributed by atoms with van der Waals surface area (Å²) in [4.78, 5) is 14.1. The minimum absolute atomic E-state index is 0.0223. The van der Waals surface area contributed by atoms with Gasteiger partial charge in [-0.15, -0.1) is 0 Å². The molecule has 0 bridgehead atoms. The van der Waals surface area contributed by atoms with Gasteiger partial charge in [0.2, 0.25) is 5.91 Å². The molecule has 1 heterocycles. The quantitative estimate of drug-likeness (QED) is 0.928. The van der Waals surface area contributed by atoms with Crippen molar-refractivity contribution in [2.75, 3.05) is 19.7 Å². The Morgan fingerprint density at radius 1 is 1.50 bits per heavy atom. The zero-order chi connectivity index (χ0) is 14.5. The van der Waals surface area contributed by atoms with Crippen LogP contribution in [-0.2, 0) is 9.53 Å². The largest absolute Gasteiger partial charge is 0.370 e. The zero-order valence-corrected chi connectivity index (χ0v) is 12.5. The Kier molecular flexibility index (Phi) is 5.40. The molecule has 1 aliphatic heterocycles. The molecule has 0 saturated carbocycles. The highest BCUT2D eigenvalue weighted by Crippen LogP contribution is 2.24. The summed E-state index contributed by atoms with van der Waals surface area (Å²) < 4.78 is 5.75. The smallest absolute Gasteiger partial charge is 0.239 e. The number of nitrogens with zero attached hydrogens (tertiary/aromatic N) is 1. The van der Waals surface area contributed by atoms with Crippen LogP contribution in [0.5, 0.6) is 0 Å². The van der Waals surface area contributed by atoms with E-state index in [1.807, 2.05) is 36.1 Å². The number of morpholine rings is 1. The van der Waals surface area contributed by atoms with Crippen LogP contribution in [0.15, 0.2) is 24.3 Å². The van der Waals surface area contributed by atoms with E-state index in [1.54, 1.807) is 0 Å². The molecule has 0 radical (unpaired) electrons. The van der Waals surface area contributed by atoms with Crippen molar-refractivity contribution in [1.82, 2.24) is 4.90 Å². The highest BCUT2D eigenvalue weighted by Gasteiger charge is 2.27. The molecule has 1 amide bonds. The SMILES string of the molecule is CCC[C@H](N)C(=O)N1CCOC(c2ccc(Cl)cc2)C1. The third-order valence-corrected chi connectivity index (χ3v) is 3.79. The van der Waals surface area contributed by atoms with E-state index in [0.29, 0.717) is 24.7 Å². The van der Waals surface area contributed by atoms with Crippen molar-refractivity contribution in [1.29, 1.82) is 0 Å². The molecular weight excluding hydrogens is 276 g/mol. The second kappa shape index (κ2) is 7.07. The summed E-state index contributed by atoms with van der Waals surface area (Å²) in [6, 6.07) is 7.15. The molecule has 1 aromatic rings. The van der Waals surface area contributed by atoms with Gasteiger partial charge in [0.1, 0.15) is 6.10 Å². The molecule has 1 aromatic carbocycles. The molecule has 20 heavy (non-hydrogen) atoms. The van der Waals surface area contributed by atoms with Crippen LogP contribution in [0, 0.1) is 0 Å². The molecule has 4 nitrogen and oxygen atoms in total.